The fourth-order valence-electron chi connectivity index (χ4n) is 1.83. The van der Waals surface area contributed by atoms with Gasteiger partial charge in [-0.15, -0.1) is 6.58 Å². The van der Waals surface area contributed by atoms with Gasteiger partial charge in [-0.2, -0.15) is 12.7 Å². The second-order valence-electron chi connectivity index (χ2n) is 4.22. The van der Waals surface area contributed by atoms with Gasteiger partial charge >= 0.3 is 10.2 Å². The van der Waals surface area contributed by atoms with Crippen molar-refractivity contribution >= 4 is 16.1 Å². The summed E-state index contributed by atoms with van der Waals surface area (Å²) in [4.78, 5) is 11.6. The van der Waals surface area contributed by atoms with E-state index in [1.165, 1.54) is 4.31 Å². The zero-order valence-electron chi connectivity index (χ0n) is 9.46. The molecule has 1 aliphatic carbocycles. The number of ether oxygens (including phenoxy) is 1. The van der Waals surface area contributed by atoms with Crippen molar-refractivity contribution in [2.24, 2.45) is 11.8 Å². The van der Waals surface area contributed by atoms with Crippen LogP contribution in [0.3, 0.4) is 0 Å². The third-order valence-electron chi connectivity index (χ3n) is 3.02. The molecule has 17 heavy (non-hydrogen) atoms. The van der Waals surface area contributed by atoms with E-state index in [1.54, 1.807) is 6.08 Å². The zero-order chi connectivity index (χ0) is 12.5. The Balaban J connectivity index is 1.92. The van der Waals surface area contributed by atoms with Crippen LogP contribution < -0.4 is 4.72 Å². The number of morpholine rings is 1. The normalized spacial score (nSPS) is 29.6. The number of nitrogens with one attached hydrogen (secondary N) is 1. The van der Waals surface area contributed by atoms with Crippen molar-refractivity contribution in [1.82, 2.24) is 9.03 Å². The molecule has 0 radical (unpaired) electrons. The lowest BCUT2D eigenvalue weighted by molar-refractivity contribution is -0.120. The Bertz CT molecular complexity index is 414. The van der Waals surface area contributed by atoms with Crippen molar-refractivity contribution in [3.05, 3.63) is 12.7 Å². The number of amides is 1. The maximum atomic E-state index is 11.8. The molecule has 1 heterocycles. The van der Waals surface area contributed by atoms with E-state index < -0.39 is 16.1 Å². The van der Waals surface area contributed by atoms with Crippen molar-refractivity contribution in [3.63, 3.8) is 0 Å². The summed E-state index contributed by atoms with van der Waals surface area (Å²) < 4.78 is 32.1. The standard InChI is InChI=1S/C10H16N2O4S/c1-2-8-7-9(8)10(13)11-17(14,15)12-3-5-16-6-4-12/h2,8-9H,1,3-7H2,(H,11,13)/t8-,9+/m1/s1. The van der Waals surface area contributed by atoms with Crippen LogP contribution in [-0.2, 0) is 19.7 Å². The van der Waals surface area contributed by atoms with E-state index >= 15 is 0 Å². The molecule has 96 valence electrons. The molecule has 0 aromatic rings. The number of rotatable bonds is 4. The Kier molecular flexibility index (Phi) is 3.50. The molecule has 0 spiro atoms. The number of hydrogen-bond donors (Lipinski definition) is 1. The Morgan fingerprint density at radius 2 is 2.06 bits per heavy atom. The molecule has 0 bridgehead atoms. The molecule has 1 aliphatic heterocycles. The maximum Gasteiger partial charge on any atom is 0.303 e. The first-order chi connectivity index (χ1) is 8.04. The van der Waals surface area contributed by atoms with Crippen LogP contribution in [0, 0.1) is 11.8 Å². The predicted molar refractivity (Wildman–Crippen MR) is 61.2 cm³/mol. The van der Waals surface area contributed by atoms with Gasteiger partial charge < -0.3 is 4.74 Å². The first kappa shape index (κ1) is 12.5. The largest absolute Gasteiger partial charge is 0.379 e. The number of nitrogens with zero attached hydrogens (tertiary/aromatic N) is 1. The van der Waals surface area contributed by atoms with Gasteiger partial charge in [-0.05, 0) is 12.3 Å². The molecule has 0 aromatic heterocycles. The van der Waals surface area contributed by atoms with Crippen LogP contribution >= 0.6 is 0 Å². The van der Waals surface area contributed by atoms with E-state index in [2.05, 4.69) is 11.3 Å². The topological polar surface area (TPSA) is 75.7 Å². The number of allylic oxidation sites excluding steroid dienone is 1. The van der Waals surface area contributed by atoms with E-state index in [0.29, 0.717) is 19.6 Å². The van der Waals surface area contributed by atoms with E-state index in [9.17, 15) is 13.2 Å². The molecule has 2 rings (SSSR count). The SMILES string of the molecule is C=C[C@@H]1C[C@@H]1C(=O)NS(=O)(=O)N1CCOCC1. The average molecular weight is 260 g/mol. The Morgan fingerprint density at radius 3 is 2.59 bits per heavy atom. The van der Waals surface area contributed by atoms with Crippen molar-refractivity contribution in [2.75, 3.05) is 26.3 Å². The molecule has 1 amide bonds. The quantitative estimate of drug-likeness (QED) is 0.692. The van der Waals surface area contributed by atoms with Crippen molar-refractivity contribution < 1.29 is 17.9 Å². The van der Waals surface area contributed by atoms with Crippen LogP contribution in [0.1, 0.15) is 6.42 Å². The van der Waals surface area contributed by atoms with Gasteiger partial charge in [0.15, 0.2) is 0 Å². The van der Waals surface area contributed by atoms with Gasteiger partial charge in [0.2, 0.25) is 5.91 Å². The summed E-state index contributed by atoms with van der Waals surface area (Å²) >= 11 is 0. The van der Waals surface area contributed by atoms with Crippen LogP contribution in [-0.4, -0.2) is 44.9 Å². The van der Waals surface area contributed by atoms with Gasteiger partial charge in [-0.3, -0.25) is 4.79 Å². The first-order valence-corrected chi connectivity index (χ1v) is 7.00. The summed E-state index contributed by atoms with van der Waals surface area (Å²) in [5.41, 5.74) is 0. The number of carbonyl (C=O) groups is 1. The second kappa shape index (κ2) is 4.75. The number of hydrogen-bond acceptors (Lipinski definition) is 4. The Hall–Kier alpha value is -0.920. The second-order valence-corrected chi connectivity index (χ2v) is 5.90. The Labute approximate surface area is 101 Å². The van der Waals surface area contributed by atoms with E-state index in [0.717, 1.165) is 0 Å². The fourth-order valence-corrected chi connectivity index (χ4v) is 3.00. The minimum atomic E-state index is -3.70. The van der Waals surface area contributed by atoms with Crippen LogP contribution in [0.15, 0.2) is 12.7 Å². The van der Waals surface area contributed by atoms with E-state index in [-0.39, 0.29) is 24.9 Å². The molecule has 1 N–H and O–H groups in total. The summed E-state index contributed by atoms with van der Waals surface area (Å²) in [5, 5.41) is 0. The van der Waals surface area contributed by atoms with Crippen LogP contribution in [0.4, 0.5) is 0 Å². The van der Waals surface area contributed by atoms with Crippen molar-refractivity contribution in [1.29, 1.82) is 0 Å². The minimum absolute atomic E-state index is 0.120. The lowest BCUT2D eigenvalue weighted by Crippen LogP contribution is -2.48. The van der Waals surface area contributed by atoms with E-state index in [4.69, 9.17) is 4.74 Å². The van der Waals surface area contributed by atoms with Crippen LogP contribution in [0.5, 0.6) is 0 Å². The van der Waals surface area contributed by atoms with Crippen LogP contribution in [0.25, 0.3) is 0 Å². The summed E-state index contributed by atoms with van der Waals surface area (Å²) in [6, 6.07) is 0. The smallest absolute Gasteiger partial charge is 0.303 e. The predicted octanol–water partition coefficient (Wildman–Crippen LogP) is -0.498. The molecular formula is C10H16N2O4S. The van der Waals surface area contributed by atoms with Crippen LogP contribution in [0.2, 0.25) is 0 Å². The van der Waals surface area contributed by atoms with Gasteiger partial charge in [-0.25, -0.2) is 4.72 Å². The molecule has 0 unspecified atom stereocenters. The summed E-state index contributed by atoms with van der Waals surface area (Å²) in [6.07, 6.45) is 2.37. The molecular weight excluding hydrogens is 244 g/mol. The molecule has 2 aliphatic rings. The third kappa shape index (κ3) is 2.85. The summed E-state index contributed by atoms with van der Waals surface area (Å²) in [7, 11) is -3.70. The highest BCUT2D eigenvalue weighted by molar-refractivity contribution is 7.87. The van der Waals surface area contributed by atoms with Gasteiger partial charge in [0.05, 0.1) is 13.2 Å². The maximum absolute atomic E-state index is 11.8. The highest BCUT2D eigenvalue weighted by Gasteiger charge is 2.42. The monoisotopic (exact) mass is 260 g/mol. The van der Waals surface area contributed by atoms with Gasteiger partial charge in [0.25, 0.3) is 0 Å². The number of carbonyl (C=O) groups excluding carboxylic acids is 1. The van der Waals surface area contributed by atoms with Crippen molar-refractivity contribution in [3.8, 4) is 0 Å². The molecule has 1 saturated heterocycles. The fraction of sp³-hybridized carbons (Fsp3) is 0.700. The molecule has 0 aromatic carbocycles. The highest BCUT2D eigenvalue weighted by atomic mass is 32.2. The van der Waals surface area contributed by atoms with Gasteiger partial charge in [-0.1, -0.05) is 6.08 Å². The molecule has 2 fully saturated rings. The summed E-state index contributed by atoms with van der Waals surface area (Å²) in [5.74, 6) is -0.542. The third-order valence-corrected chi connectivity index (χ3v) is 4.52. The van der Waals surface area contributed by atoms with Gasteiger partial charge in [0.1, 0.15) is 0 Å². The molecule has 7 heteroatoms. The minimum Gasteiger partial charge on any atom is -0.379 e. The molecule has 6 nitrogen and oxygen atoms in total. The first-order valence-electron chi connectivity index (χ1n) is 5.56. The lowest BCUT2D eigenvalue weighted by Gasteiger charge is -2.25. The van der Waals surface area contributed by atoms with Crippen molar-refractivity contribution in [2.45, 2.75) is 6.42 Å². The Morgan fingerprint density at radius 1 is 1.41 bits per heavy atom. The zero-order valence-corrected chi connectivity index (χ0v) is 10.3. The molecule has 2 atom stereocenters. The molecule has 1 saturated carbocycles. The lowest BCUT2D eigenvalue weighted by atomic mass is 10.3. The van der Waals surface area contributed by atoms with E-state index in [1.807, 2.05) is 0 Å². The average Bonchev–Trinajstić information content (AvgIpc) is 3.09. The van der Waals surface area contributed by atoms with Gasteiger partial charge in [0, 0.05) is 19.0 Å². The summed E-state index contributed by atoms with van der Waals surface area (Å²) in [6.45, 7) is 4.90. The highest BCUT2D eigenvalue weighted by Crippen LogP contribution is 2.39.